The second-order valence-corrected chi connectivity index (χ2v) is 4.01. The number of nitro groups is 1. The van der Waals surface area contributed by atoms with Gasteiger partial charge in [0.25, 0.3) is 5.69 Å². The molecule has 0 aliphatic rings. The summed E-state index contributed by atoms with van der Waals surface area (Å²) in [6, 6.07) is 4.43. The Morgan fingerprint density at radius 2 is 2.24 bits per heavy atom. The second kappa shape index (κ2) is 4.73. The van der Waals surface area contributed by atoms with Gasteiger partial charge in [0.05, 0.1) is 21.8 Å². The number of hydrogen-bond donors (Lipinski definition) is 0. The zero-order chi connectivity index (χ0) is 12.4. The molecule has 0 N–H and O–H groups in total. The van der Waals surface area contributed by atoms with Gasteiger partial charge in [-0.2, -0.15) is 5.10 Å². The van der Waals surface area contributed by atoms with E-state index in [1.165, 1.54) is 23.0 Å². The van der Waals surface area contributed by atoms with Crippen molar-refractivity contribution in [1.29, 1.82) is 0 Å². The Bertz CT molecular complexity index is 568. The Morgan fingerprint density at radius 1 is 1.47 bits per heavy atom. The van der Waals surface area contributed by atoms with Crippen LogP contribution in [-0.4, -0.2) is 14.7 Å². The zero-order valence-electron chi connectivity index (χ0n) is 8.51. The van der Waals surface area contributed by atoms with E-state index in [-0.39, 0.29) is 11.6 Å². The van der Waals surface area contributed by atoms with Crippen LogP contribution in [-0.2, 0) is 5.88 Å². The molecule has 0 atom stereocenters. The van der Waals surface area contributed by atoms with E-state index < -0.39 is 4.92 Å². The van der Waals surface area contributed by atoms with Crippen molar-refractivity contribution in [3.8, 4) is 5.69 Å². The summed E-state index contributed by atoms with van der Waals surface area (Å²) in [4.78, 5) is 10.2. The summed E-state index contributed by atoms with van der Waals surface area (Å²) >= 11 is 11.5. The van der Waals surface area contributed by atoms with Gasteiger partial charge in [-0.15, -0.1) is 11.6 Å². The Hall–Kier alpha value is -1.59. The SMILES string of the molecule is O=[N+]([O-])c1ccc(-n2cc(Cl)cn2)c(CCl)c1. The van der Waals surface area contributed by atoms with E-state index in [1.807, 2.05) is 0 Å². The molecule has 2 aromatic rings. The lowest BCUT2D eigenvalue weighted by Gasteiger charge is -2.06. The highest BCUT2D eigenvalue weighted by Crippen LogP contribution is 2.23. The molecule has 0 amide bonds. The molecule has 1 aromatic carbocycles. The van der Waals surface area contributed by atoms with E-state index in [9.17, 15) is 10.1 Å². The lowest BCUT2D eigenvalue weighted by molar-refractivity contribution is -0.384. The number of rotatable bonds is 3. The van der Waals surface area contributed by atoms with Crippen LogP contribution in [0.2, 0.25) is 5.02 Å². The summed E-state index contributed by atoms with van der Waals surface area (Å²) in [6.07, 6.45) is 3.10. The van der Waals surface area contributed by atoms with Gasteiger partial charge in [0.2, 0.25) is 0 Å². The van der Waals surface area contributed by atoms with Gasteiger partial charge in [0, 0.05) is 24.2 Å². The summed E-state index contributed by atoms with van der Waals surface area (Å²) in [5, 5.41) is 15.2. The fourth-order valence-corrected chi connectivity index (χ4v) is 1.80. The van der Waals surface area contributed by atoms with Gasteiger partial charge >= 0.3 is 0 Å². The maximum Gasteiger partial charge on any atom is 0.269 e. The molecule has 0 aliphatic carbocycles. The highest BCUT2D eigenvalue weighted by molar-refractivity contribution is 6.30. The molecule has 0 fully saturated rings. The number of nitrogens with zero attached hydrogens (tertiary/aromatic N) is 3. The van der Waals surface area contributed by atoms with Crippen LogP contribution in [0.15, 0.2) is 30.6 Å². The van der Waals surface area contributed by atoms with Crippen LogP contribution in [0.1, 0.15) is 5.56 Å². The molecule has 0 saturated carbocycles. The van der Waals surface area contributed by atoms with Crippen molar-refractivity contribution in [3.05, 3.63) is 51.3 Å². The van der Waals surface area contributed by atoms with Crippen LogP contribution in [0, 0.1) is 10.1 Å². The van der Waals surface area contributed by atoms with E-state index >= 15 is 0 Å². The normalized spacial score (nSPS) is 10.5. The first-order valence-corrected chi connectivity index (χ1v) is 5.57. The van der Waals surface area contributed by atoms with Gasteiger partial charge in [-0.3, -0.25) is 10.1 Å². The van der Waals surface area contributed by atoms with E-state index in [4.69, 9.17) is 23.2 Å². The van der Waals surface area contributed by atoms with Gasteiger partial charge in [0.1, 0.15) is 0 Å². The lowest BCUT2D eigenvalue weighted by atomic mass is 10.2. The van der Waals surface area contributed by atoms with Crippen LogP contribution in [0.5, 0.6) is 0 Å². The number of hydrogen-bond acceptors (Lipinski definition) is 3. The summed E-state index contributed by atoms with van der Waals surface area (Å²) in [6.45, 7) is 0. The maximum atomic E-state index is 10.6. The number of aromatic nitrogens is 2. The third kappa shape index (κ3) is 2.40. The zero-order valence-corrected chi connectivity index (χ0v) is 10.0. The van der Waals surface area contributed by atoms with Crippen LogP contribution in [0.4, 0.5) is 5.69 Å². The quantitative estimate of drug-likeness (QED) is 0.489. The van der Waals surface area contributed by atoms with Crippen molar-refractivity contribution in [1.82, 2.24) is 9.78 Å². The largest absolute Gasteiger partial charge is 0.269 e. The third-order valence-electron chi connectivity index (χ3n) is 2.22. The second-order valence-electron chi connectivity index (χ2n) is 3.31. The molecule has 0 saturated heterocycles. The monoisotopic (exact) mass is 271 g/mol. The average Bonchev–Trinajstić information content (AvgIpc) is 2.74. The summed E-state index contributed by atoms with van der Waals surface area (Å²) in [5.74, 6) is 0.161. The minimum atomic E-state index is -0.462. The molecule has 0 aliphatic heterocycles. The number of benzene rings is 1. The smallest absolute Gasteiger partial charge is 0.258 e. The topological polar surface area (TPSA) is 61.0 Å². The van der Waals surface area contributed by atoms with Crippen molar-refractivity contribution >= 4 is 28.9 Å². The van der Waals surface area contributed by atoms with Crippen molar-refractivity contribution < 1.29 is 4.92 Å². The summed E-state index contributed by atoms with van der Waals surface area (Å²) < 4.78 is 1.53. The molecule has 88 valence electrons. The van der Waals surface area contributed by atoms with E-state index in [1.54, 1.807) is 12.3 Å². The summed E-state index contributed by atoms with van der Waals surface area (Å²) in [5.41, 5.74) is 1.31. The molecule has 0 radical (unpaired) electrons. The molecule has 0 spiro atoms. The Labute approximate surface area is 107 Å². The highest BCUT2D eigenvalue weighted by Gasteiger charge is 2.12. The minimum absolute atomic E-state index is 0.00246. The molecule has 0 unspecified atom stereocenters. The van der Waals surface area contributed by atoms with Gasteiger partial charge in [0.15, 0.2) is 0 Å². The maximum absolute atomic E-state index is 10.6. The fraction of sp³-hybridized carbons (Fsp3) is 0.100. The number of halogens is 2. The number of non-ortho nitro benzene ring substituents is 1. The predicted octanol–water partition coefficient (Wildman–Crippen LogP) is 3.17. The van der Waals surface area contributed by atoms with Crippen molar-refractivity contribution in [2.45, 2.75) is 5.88 Å². The average molecular weight is 272 g/mol. The van der Waals surface area contributed by atoms with Gasteiger partial charge in [-0.25, -0.2) is 4.68 Å². The molecule has 1 aromatic heterocycles. The molecule has 0 bridgehead atoms. The first kappa shape index (κ1) is 11.9. The molecule has 17 heavy (non-hydrogen) atoms. The fourth-order valence-electron chi connectivity index (χ4n) is 1.45. The molecule has 1 heterocycles. The minimum Gasteiger partial charge on any atom is -0.258 e. The van der Waals surface area contributed by atoms with Crippen molar-refractivity contribution in [2.75, 3.05) is 0 Å². The van der Waals surface area contributed by atoms with E-state index in [0.717, 1.165) is 0 Å². The predicted molar refractivity (Wildman–Crippen MR) is 64.8 cm³/mol. The van der Waals surface area contributed by atoms with Crippen LogP contribution in [0.25, 0.3) is 5.69 Å². The third-order valence-corrected chi connectivity index (χ3v) is 2.70. The van der Waals surface area contributed by atoms with E-state index in [2.05, 4.69) is 5.10 Å². The van der Waals surface area contributed by atoms with Crippen molar-refractivity contribution in [2.24, 2.45) is 0 Å². The van der Waals surface area contributed by atoms with Crippen LogP contribution >= 0.6 is 23.2 Å². The lowest BCUT2D eigenvalue weighted by Crippen LogP contribution is -2.00. The molecule has 7 heteroatoms. The van der Waals surface area contributed by atoms with Gasteiger partial charge in [-0.05, 0) is 11.6 Å². The first-order chi connectivity index (χ1) is 8.11. The standard InChI is InChI=1S/C10H7Cl2N3O2/c11-4-7-3-9(15(16)17)1-2-10(7)14-6-8(12)5-13-14/h1-3,5-6H,4H2. The Balaban J connectivity index is 2.51. The first-order valence-electron chi connectivity index (χ1n) is 4.65. The molecular weight excluding hydrogens is 265 g/mol. The summed E-state index contributed by atoms with van der Waals surface area (Å²) in [7, 11) is 0. The number of nitro benzene ring substituents is 1. The van der Waals surface area contributed by atoms with Gasteiger partial charge < -0.3 is 0 Å². The Morgan fingerprint density at radius 3 is 2.76 bits per heavy atom. The van der Waals surface area contributed by atoms with Crippen LogP contribution in [0.3, 0.4) is 0 Å². The van der Waals surface area contributed by atoms with Gasteiger partial charge in [-0.1, -0.05) is 11.6 Å². The van der Waals surface area contributed by atoms with Crippen molar-refractivity contribution in [3.63, 3.8) is 0 Å². The van der Waals surface area contributed by atoms with E-state index in [0.29, 0.717) is 16.3 Å². The molecule has 2 rings (SSSR count). The van der Waals surface area contributed by atoms with Crippen LogP contribution < -0.4 is 0 Å². The molecular formula is C10H7Cl2N3O2. The highest BCUT2D eigenvalue weighted by atomic mass is 35.5. The Kier molecular flexibility index (Phi) is 3.31. The molecule has 5 nitrogen and oxygen atoms in total. The number of alkyl halides is 1.